The number of nitrogens with one attached hydrogen (secondary N) is 1. The summed E-state index contributed by atoms with van der Waals surface area (Å²) in [6, 6.07) is 12.3. The van der Waals surface area contributed by atoms with Crippen molar-refractivity contribution < 1.29 is 23.9 Å². The molecular weight excluding hydrogens is 411 g/mol. The number of aliphatic carboxylic acids is 1. The van der Waals surface area contributed by atoms with Gasteiger partial charge in [-0.3, -0.25) is 4.79 Å². The number of hydrogen-bond acceptors (Lipinski definition) is 6. The maximum absolute atomic E-state index is 12.8. The summed E-state index contributed by atoms with van der Waals surface area (Å²) in [6.45, 7) is 4.73. The van der Waals surface area contributed by atoms with Crippen LogP contribution in [0.3, 0.4) is 0 Å². The van der Waals surface area contributed by atoms with Crippen molar-refractivity contribution >= 4 is 23.9 Å². The molecule has 0 saturated carbocycles. The van der Waals surface area contributed by atoms with Crippen molar-refractivity contribution in [1.29, 1.82) is 0 Å². The second kappa shape index (κ2) is 14.1. The zero-order valence-electron chi connectivity index (χ0n) is 16.9. The quantitative estimate of drug-likeness (QED) is 0.146. The van der Waals surface area contributed by atoms with Gasteiger partial charge < -0.3 is 26.1 Å². The van der Waals surface area contributed by atoms with Crippen molar-refractivity contribution in [3.8, 4) is 5.75 Å². The molecule has 0 spiro atoms. The molecule has 6 N–H and O–H groups in total. The number of guanidine groups is 1. The second-order valence-electron chi connectivity index (χ2n) is 6.09. The molecule has 0 aromatic heterocycles. The highest BCUT2D eigenvalue weighted by Crippen LogP contribution is 2.20. The molecule has 0 aliphatic carbocycles. The lowest BCUT2D eigenvalue weighted by Gasteiger charge is -2.05. The molecule has 164 valence electrons. The van der Waals surface area contributed by atoms with E-state index in [0.29, 0.717) is 18.1 Å². The number of hydrogen-bond donors (Lipinski definition) is 4. The topological polar surface area (TPSA) is 132 Å². The zero-order valence-corrected chi connectivity index (χ0v) is 17.7. The first-order valence-corrected chi connectivity index (χ1v) is 9.87. The Bertz CT molecular complexity index is 815. The molecule has 0 atom stereocenters. The molecule has 2 rings (SSSR count). The van der Waals surface area contributed by atoms with E-state index < -0.39 is 5.97 Å². The molecule has 0 bridgehead atoms. The van der Waals surface area contributed by atoms with Gasteiger partial charge in [-0.1, -0.05) is 23.8 Å². The number of carboxylic acid groups (broad SMARTS) is 1. The fraction of sp³-hybridized carbons (Fsp3) is 0.300. The number of aryl methyl sites for hydroxylation is 2. The van der Waals surface area contributed by atoms with E-state index in [4.69, 9.17) is 26.1 Å². The van der Waals surface area contributed by atoms with Gasteiger partial charge >= 0.3 is 5.97 Å². The van der Waals surface area contributed by atoms with Gasteiger partial charge in [-0.05, 0) is 60.8 Å². The van der Waals surface area contributed by atoms with Crippen LogP contribution in [0.2, 0.25) is 0 Å². The average molecular weight is 439 g/mol. The smallest absolute Gasteiger partial charge is 0.318 e. The number of nitrogens with zero attached hydrogens (tertiary/aromatic N) is 1. The summed E-state index contributed by atoms with van der Waals surface area (Å²) in [4.78, 5) is 15.7. The van der Waals surface area contributed by atoms with Crippen LogP contribution >= 0.6 is 11.9 Å². The van der Waals surface area contributed by atoms with Crippen molar-refractivity contribution in [3.63, 3.8) is 0 Å². The molecular formula is C20H27FN4O4S. The largest absolute Gasteiger partial charge is 0.493 e. The van der Waals surface area contributed by atoms with Crippen molar-refractivity contribution in [2.45, 2.75) is 25.2 Å². The van der Waals surface area contributed by atoms with Crippen LogP contribution in [0.5, 0.6) is 5.75 Å². The van der Waals surface area contributed by atoms with E-state index in [0.717, 1.165) is 29.7 Å². The van der Waals surface area contributed by atoms with Gasteiger partial charge in [-0.25, -0.2) is 9.11 Å². The molecule has 0 unspecified atom stereocenters. The number of rotatable bonds is 10. The van der Waals surface area contributed by atoms with Gasteiger partial charge in [-0.2, -0.15) is 0 Å². The highest BCUT2D eigenvalue weighted by Gasteiger charge is 2.02. The summed E-state index contributed by atoms with van der Waals surface area (Å²) >= 11 is 1.12. The number of benzene rings is 2. The van der Waals surface area contributed by atoms with Crippen LogP contribution in [0.15, 0.2) is 52.5 Å². The first-order valence-electron chi connectivity index (χ1n) is 9.06. The van der Waals surface area contributed by atoms with Crippen LogP contribution in [0.1, 0.15) is 17.5 Å². The number of ether oxygens (including phenoxy) is 1. The van der Waals surface area contributed by atoms with Gasteiger partial charge in [0.05, 0.1) is 6.61 Å². The van der Waals surface area contributed by atoms with Crippen molar-refractivity contribution in [2.24, 2.45) is 16.6 Å². The second-order valence-corrected chi connectivity index (χ2v) is 7.02. The molecule has 30 heavy (non-hydrogen) atoms. The number of nitrogens with two attached hydrogens (primary N) is 2. The Balaban J connectivity index is 0.000000303. The van der Waals surface area contributed by atoms with Crippen LogP contribution < -0.4 is 20.9 Å². The maximum Gasteiger partial charge on any atom is 0.318 e. The Morgan fingerprint density at radius 1 is 1.17 bits per heavy atom. The number of halogens is 1. The predicted molar refractivity (Wildman–Crippen MR) is 116 cm³/mol. The van der Waals surface area contributed by atoms with E-state index in [1.807, 2.05) is 38.1 Å². The SMILES string of the molecule is Cc1ccc(F)cc1SNCC(=O)O.Cc1ccc(OCCCON=C(N)N)cc1. The van der Waals surface area contributed by atoms with Crippen molar-refractivity contribution in [3.05, 3.63) is 59.4 Å². The van der Waals surface area contributed by atoms with Gasteiger partial charge in [0, 0.05) is 11.3 Å². The van der Waals surface area contributed by atoms with E-state index in [9.17, 15) is 9.18 Å². The lowest BCUT2D eigenvalue weighted by atomic mass is 10.2. The van der Waals surface area contributed by atoms with Crippen molar-refractivity contribution in [1.82, 2.24) is 4.72 Å². The van der Waals surface area contributed by atoms with E-state index in [-0.39, 0.29) is 18.3 Å². The van der Waals surface area contributed by atoms with E-state index in [2.05, 4.69) is 9.88 Å². The Labute approximate surface area is 179 Å². The predicted octanol–water partition coefficient (Wildman–Crippen LogP) is 2.78. The van der Waals surface area contributed by atoms with Gasteiger partial charge in [0.2, 0.25) is 5.96 Å². The zero-order chi connectivity index (χ0) is 22.4. The third-order valence-corrected chi connectivity index (χ3v) is 4.34. The minimum absolute atomic E-state index is 0.0700. The first kappa shape index (κ1) is 25.1. The van der Waals surface area contributed by atoms with Crippen LogP contribution in [-0.4, -0.2) is 36.8 Å². The van der Waals surface area contributed by atoms with Gasteiger partial charge in [0.15, 0.2) is 0 Å². The van der Waals surface area contributed by atoms with E-state index in [1.165, 1.54) is 17.7 Å². The summed E-state index contributed by atoms with van der Waals surface area (Å²) in [5, 5.41) is 11.8. The normalized spacial score (nSPS) is 9.83. The number of carbonyl (C=O) groups is 1. The van der Waals surface area contributed by atoms with Gasteiger partial charge in [0.1, 0.15) is 24.7 Å². The number of carboxylic acids is 1. The highest BCUT2D eigenvalue weighted by molar-refractivity contribution is 7.97. The Kier molecular flexibility index (Phi) is 11.8. The minimum Gasteiger partial charge on any atom is -0.493 e. The molecule has 0 aliphatic heterocycles. The summed E-state index contributed by atoms with van der Waals surface area (Å²) in [7, 11) is 0. The molecule has 0 saturated heterocycles. The van der Waals surface area contributed by atoms with Gasteiger partial charge in [-0.15, -0.1) is 0 Å². The summed E-state index contributed by atoms with van der Waals surface area (Å²) in [6.07, 6.45) is 0.727. The van der Waals surface area contributed by atoms with E-state index >= 15 is 0 Å². The molecule has 0 amide bonds. The highest BCUT2D eigenvalue weighted by atomic mass is 32.2. The van der Waals surface area contributed by atoms with Crippen LogP contribution in [0.25, 0.3) is 0 Å². The number of oxime groups is 1. The Hall–Kier alpha value is -2.98. The van der Waals surface area contributed by atoms with Crippen LogP contribution in [0.4, 0.5) is 4.39 Å². The standard InChI is InChI=1S/C11H17N3O2.C9H10FNO2S/c1-9-3-5-10(6-4-9)15-7-2-8-16-14-11(12)13;1-6-2-3-7(10)4-8(6)14-11-5-9(12)13/h3-6H,2,7-8H2,1H3,(H4,12,13,14);2-4,11H,5H2,1H3,(H,12,13). The first-order chi connectivity index (χ1) is 14.3. The Morgan fingerprint density at radius 2 is 1.87 bits per heavy atom. The monoisotopic (exact) mass is 438 g/mol. The summed E-state index contributed by atoms with van der Waals surface area (Å²) < 4.78 is 20.9. The van der Waals surface area contributed by atoms with Crippen molar-refractivity contribution in [2.75, 3.05) is 19.8 Å². The van der Waals surface area contributed by atoms with E-state index in [1.54, 1.807) is 6.07 Å². The fourth-order valence-electron chi connectivity index (χ4n) is 1.93. The molecule has 0 fully saturated rings. The molecule has 2 aromatic carbocycles. The maximum atomic E-state index is 12.8. The molecule has 2 aromatic rings. The molecule has 0 aliphatic rings. The van der Waals surface area contributed by atoms with Gasteiger partial charge in [0.25, 0.3) is 0 Å². The summed E-state index contributed by atoms with van der Waals surface area (Å²) in [5.74, 6) is -0.478. The Morgan fingerprint density at radius 3 is 2.50 bits per heavy atom. The fourth-order valence-corrected chi connectivity index (χ4v) is 2.68. The lowest BCUT2D eigenvalue weighted by Crippen LogP contribution is -2.23. The molecule has 0 radical (unpaired) electrons. The molecule has 8 nitrogen and oxygen atoms in total. The average Bonchev–Trinajstić information content (AvgIpc) is 2.69. The third kappa shape index (κ3) is 11.8. The van der Waals surface area contributed by atoms with Crippen LogP contribution in [-0.2, 0) is 9.63 Å². The molecule has 10 heteroatoms. The third-order valence-electron chi connectivity index (χ3n) is 3.40. The molecule has 0 heterocycles. The minimum atomic E-state index is -0.938. The summed E-state index contributed by atoms with van der Waals surface area (Å²) in [5.41, 5.74) is 12.3. The lowest BCUT2D eigenvalue weighted by molar-refractivity contribution is -0.135. The van der Waals surface area contributed by atoms with Crippen LogP contribution in [0, 0.1) is 19.7 Å².